The number of aryl methyl sites for hydroxylation is 1. The Morgan fingerprint density at radius 1 is 1.10 bits per heavy atom. The number of esters is 1. The van der Waals surface area contributed by atoms with Gasteiger partial charge in [-0.2, -0.15) is 0 Å². The molecular weight excluding hydrogens is 370 g/mol. The minimum atomic E-state index is -0.915. The van der Waals surface area contributed by atoms with Crippen LogP contribution in [0.4, 0.5) is 5.69 Å². The Bertz CT molecular complexity index is 889. The minimum absolute atomic E-state index is 0.383. The lowest BCUT2D eigenvalue weighted by Gasteiger charge is -2.12. The SMILES string of the molecule is CCc1ccc(NC(=O)[C@@H](C)OC(=O)/C=C/c2ccc3c(c2)OCCCO3)cc1. The molecule has 0 unspecified atom stereocenters. The largest absolute Gasteiger partial charge is 0.490 e. The first kappa shape index (κ1) is 20.5. The number of amides is 1. The van der Waals surface area contributed by atoms with Gasteiger partial charge < -0.3 is 19.5 Å². The van der Waals surface area contributed by atoms with E-state index in [1.807, 2.05) is 36.4 Å². The first-order valence-electron chi connectivity index (χ1n) is 9.73. The standard InChI is InChI=1S/C23H25NO5/c1-3-17-5-9-19(10-6-17)24-23(26)16(2)29-22(25)12-8-18-7-11-20-21(15-18)28-14-4-13-27-20/h5-12,15-16H,3-4,13-14H2,1-2H3,(H,24,26)/b12-8+/t16-/m1/s1. The molecule has 1 aliphatic heterocycles. The molecule has 0 saturated carbocycles. The van der Waals surface area contributed by atoms with Crippen molar-refractivity contribution in [1.82, 2.24) is 0 Å². The Labute approximate surface area is 170 Å². The van der Waals surface area contributed by atoms with E-state index < -0.39 is 12.1 Å². The summed E-state index contributed by atoms with van der Waals surface area (Å²) < 4.78 is 16.4. The predicted molar refractivity (Wildman–Crippen MR) is 111 cm³/mol. The monoisotopic (exact) mass is 395 g/mol. The fourth-order valence-electron chi connectivity index (χ4n) is 2.78. The van der Waals surface area contributed by atoms with Gasteiger partial charge in [-0.3, -0.25) is 4.79 Å². The normalized spacial score (nSPS) is 14.1. The van der Waals surface area contributed by atoms with Crippen LogP contribution in [0.3, 0.4) is 0 Å². The van der Waals surface area contributed by atoms with E-state index in [1.54, 1.807) is 12.1 Å². The van der Waals surface area contributed by atoms with E-state index in [-0.39, 0.29) is 5.91 Å². The molecule has 1 N–H and O–H groups in total. The molecule has 0 radical (unpaired) electrons. The van der Waals surface area contributed by atoms with E-state index in [4.69, 9.17) is 14.2 Å². The molecule has 2 aromatic carbocycles. The zero-order valence-corrected chi connectivity index (χ0v) is 16.6. The molecule has 6 nitrogen and oxygen atoms in total. The van der Waals surface area contributed by atoms with Crippen molar-refractivity contribution in [3.05, 3.63) is 59.7 Å². The van der Waals surface area contributed by atoms with E-state index in [2.05, 4.69) is 12.2 Å². The Balaban J connectivity index is 1.53. The van der Waals surface area contributed by atoms with Gasteiger partial charge in [0.1, 0.15) is 0 Å². The van der Waals surface area contributed by atoms with E-state index in [1.165, 1.54) is 18.6 Å². The molecular formula is C23H25NO5. The predicted octanol–water partition coefficient (Wildman–Crippen LogP) is 3.99. The molecule has 0 aliphatic carbocycles. The van der Waals surface area contributed by atoms with Crippen molar-refractivity contribution in [2.24, 2.45) is 0 Å². The molecule has 0 aromatic heterocycles. The van der Waals surface area contributed by atoms with Gasteiger partial charge in [-0.05, 0) is 54.8 Å². The van der Waals surface area contributed by atoms with Crippen molar-refractivity contribution in [3.8, 4) is 11.5 Å². The summed E-state index contributed by atoms with van der Waals surface area (Å²) >= 11 is 0. The van der Waals surface area contributed by atoms with Crippen LogP contribution in [0, 0.1) is 0 Å². The molecule has 0 saturated heterocycles. The number of carbonyl (C=O) groups excluding carboxylic acids is 2. The number of carbonyl (C=O) groups is 2. The Morgan fingerprint density at radius 3 is 2.55 bits per heavy atom. The summed E-state index contributed by atoms with van der Waals surface area (Å²) in [5.41, 5.74) is 2.62. The summed E-state index contributed by atoms with van der Waals surface area (Å²) in [4.78, 5) is 24.3. The second kappa shape index (κ2) is 9.78. The van der Waals surface area contributed by atoms with Crippen LogP contribution in [0.5, 0.6) is 11.5 Å². The molecule has 1 aliphatic rings. The molecule has 2 aromatic rings. The number of anilines is 1. The van der Waals surface area contributed by atoms with Gasteiger partial charge in [0.25, 0.3) is 5.91 Å². The Hall–Kier alpha value is -3.28. The maximum absolute atomic E-state index is 12.2. The molecule has 152 valence electrons. The molecule has 29 heavy (non-hydrogen) atoms. The zero-order valence-electron chi connectivity index (χ0n) is 16.6. The van der Waals surface area contributed by atoms with Crippen LogP contribution in [-0.2, 0) is 20.7 Å². The number of ether oxygens (including phenoxy) is 3. The molecule has 0 bridgehead atoms. The van der Waals surface area contributed by atoms with Gasteiger partial charge in [-0.15, -0.1) is 0 Å². The smallest absolute Gasteiger partial charge is 0.331 e. The van der Waals surface area contributed by atoms with E-state index in [9.17, 15) is 9.59 Å². The highest BCUT2D eigenvalue weighted by molar-refractivity contribution is 5.96. The molecule has 1 amide bonds. The molecule has 1 heterocycles. The summed E-state index contributed by atoms with van der Waals surface area (Å²) in [6.45, 7) is 4.82. The maximum Gasteiger partial charge on any atom is 0.331 e. The van der Waals surface area contributed by atoms with Crippen LogP contribution in [-0.4, -0.2) is 31.2 Å². The second-order valence-electron chi connectivity index (χ2n) is 6.71. The fraction of sp³-hybridized carbons (Fsp3) is 0.304. The number of hydrogen-bond acceptors (Lipinski definition) is 5. The van der Waals surface area contributed by atoms with Gasteiger partial charge in [0.05, 0.1) is 13.2 Å². The van der Waals surface area contributed by atoms with Crippen LogP contribution >= 0.6 is 0 Å². The van der Waals surface area contributed by atoms with Crippen LogP contribution < -0.4 is 14.8 Å². The van der Waals surface area contributed by atoms with Crippen molar-refractivity contribution in [3.63, 3.8) is 0 Å². The first-order chi connectivity index (χ1) is 14.0. The Morgan fingerprint density at radius 2 is 1.83 bits per heavy atom. The summed E-state index contributed by atoms with van der Waals surface area (Å²) in [5, 5.41) is 2.74. The summed E-state index contributed by atoms with van der Waals surface area (Å²) in [6.07, 6.45) is 3.75. The van der Waals surface area contributed by atoms with E-state index in [0.717, 1.165) is 18.4 Å². The average Bonchev–Trinajstić information content (AvgIpc) is 2.97. The van der Waals surface area contributed by atoms with Gasteiger partial charge in [-0.1, -0.05) is 25.1 Å². The first-order valence-corrected chi connectivity index (χ1v) is 9.73. The van der Waals surface area contributed by atoms with Crippen molar-refractivity contribution in [1.29, 1.82) is 0 Å². The van der Waals surface area contributed by atoms with Gasteiger partial charge in [0.2, 0.25) is 0 Å². The van der Waals surface area contributed by atoms with Crippen molar-refractivity contribution in [2.75, 3.05) is 18.5 Å². The van der Waals surface area contributed by atoms with Crippen LogP contribution in [0.15, 0.2) is 48.5 Å². The van der Waals surface area contributed by atoms with Crippen LogP contribution in [0.1, 0.15) is 31.4 Å². The van der Waals surface area contributed by atoms with Gasteiger partial charge in [0, 0.05) is 18.2 Å². The molecule has 3 rings (SSSR count). The third-order valence-electron chi connectivity index (χ3n) is 4.48. The van der Waals surface area contributed by atoms with Gasteiger partial charge in [0.15, 0.2) is 17.6 Å². The number of rotatable bonds is 6. The lowest BCUT2D eigenvalue weighted by molar-refractivity contribution is -0.148. The molecule has 6 heteroatoms. The lowest BCUT2D eigenvalue weighted by atomic mass is 10.1. The summed E-state index contributed by atoms with van der Waals surface area (Å²) in [6, 6.07) is 13.0. The highest BCUT2D eigenvalue weighted by Gasteiger charge is 2.17. The minimum Gasteiger partial charge on any atom is -0.490 e. The number of nitrogens with one attached hydrogen (secondary N) is 1. The third kappa shape index (κ3) is 5.85. The summed E-state index contributed by atoms with van der Waals surface area (Å²) in [7, 11) is 0. The van der Waals surface area contributed by atoms with Crippen molar-refractivity contribution < 1.29 is 23.8 Å². The average molecular weight is 395 g/mol. The molecule has 0 spiro atoms. The quantitative estimate of drug-likeness (QED) is 0.591. The zero-order chi connectivity index (χ0) is 20.6. The van der Waals surface area contributed by atoms with E-state index in [0.29, 0.717) is 30.4 Å². The molecule has 0 fully saturated rings. The highest BCUT2D eigenvalue weighted by atomic mass is 16.5. The number of benzene rings is 2. The van der Waals surface area contributed by atoms with Crippen LogP contribution in [0.25, 0.3) is 6.08 Å². The van der Waals surface area contributed by atoms with Gasteiger partial charge >= 0.3 is 5.97 Å². The fourth-order valence-corrected chi connectivity index (χ4v) is 2.78. The Kier molecular flexibility index (Phi) is 6.89. The van der Waals surface area contributed by atoms with Crippen molar-refractivity contribution in [2.45, 2.75) is 32.8 Å². The summed E-state index contributed by atoms with van der Waals surface area (Å²) in [5.74, 6) is 0.368. The maximum atomic E-state index is 12.2. The lowest BCUT2D eigenvalue weighted by Crippen LogP contribution is -2.29. The van der Waals surface area contributed by atoms with Gasteiger partial charge in [-0.25, -0.2) is 4.79 Å². The van der Waals surface area contributed by atoms with Crippen molar-refractivity contribution >= 4 is 23.6 Å². The highest BCUT2D eigenvalue weighted by Crippen LogP contribution is 2.30. The topological polar surface area (TPSA) is 73.9 Å². The van der Waals surface area contributed by atoms with E-state index >= 15 is 0 Å². The van der Waals surface area contributed by atoms with Crippen LogP contribution in [0.2, 0.25) is 0 Å². The second-order valence-corrected chi connectivity index (χ2v) is 6.71. The molecule has 1 atom stereocenters. The number of fused-ring (bicyclic) bond motifs is 1. The number of hydrogen-bond donors (Lipinski definition) is 1. The third-order valence-corrected chi connectivity index (χ3v) is 4.48.